The summed E-state index contributed by atoms with van der Waals surface area (Å²) in [5, 5.41) is 3.27. The smallest absolute Gasteiger partial charge is 0.151 e. The number of hydrogen-bond acceptors (Lipinski definition) is 4. The first-order chi connectivity index (χ1) is 9.52. The maximum absolute atomic E-state index is 13.1. The third kappa shape index (κ3) is 3.12. The molecular formula is C14H18FNO3S. The van der Waals surface area contributed by atoms with Crippen molar-refractivity contribution < 1.29 is 17.5 Å². The Labute approximate surface area is 118 Å². The Morgan fingerprint density at radius 3 is 3.05 bits per heavy atom. The molecule has 6 heteroatoms. The van der Waals surface area contributed by atoms with Crippen LogP contribution in [0.4, 0.5) is 4.39 Å². The molecule has 0 aromatic heterocycles. The van der Waals surface area contributed by atoms with Gasteiger partial charge in [0.05, 0.1) is 11.5 Å². The highest BCUT2D eigenvalue weighted by Crippen LogP contribution is 2.29. The van der Waals surface area contributed by atoms with E-state index in [0.717, 1.165) is 24.2 Å². The predicted octanol–water partition coefficient (Wildman–Crippen LogP) is 1.30. The third-order valence-electron chi connectivity index (χ3n) is 3.86. The largest absolute Gasteiger partial charge is 0.488 e. The molecule has 1 fully saturated rings. The van der Waals surface area contributed by atoms with E-state index >= 15 is 0 Å². The SMILES string of the molecule is O=S1(=O)CCCC(NCC2Cc3cc(F)ccc3O2)C1. The monoisotopic (exact) mass is 299 g/mol. The van der Waals surface area contributed by atoms with E-state index in [0.29, 0.717) is 18.7 Å². The summed E-state index contributed by atoms with van der Waals surface area (Å²) in [6.45, 7) is 0.594. The molecule has 2 heterocycles. The van der Waals surface area contributed by atoms with Crippen LogP contribution >= 0.6 is 0 Å². The molecule has 0 saturated carbocycles. The average Bonchev–Trinajstić information content (AvgIpc) is 2.77. The second-order valence-electron chi connectivity index (χ2n) is 5.56. The number of nitrogens with one attached hydrogen (secondary N) is 1. The number of benzene rings is 1. The zero-order valence-corrected chi connectivity index (χ0v) is 12.0. The molecule has 110 valence electrons. The van der Waals surface area contributed by atoms with Crippen LogP contribution in [0.5, 0.6) is 5.75 Å². The van der Waals surface area contributed by atoms with E-state index < -0.39 is 9.84 Å². The van der Waals surface area contributed by atoms with Gasteiger partial charge in [0.2, 0.25) is 0 Å². The number of ether oxygens (including phenoxy) is 1. The van der Waals surface area contributed by atoms with Crippen LogP contribution in [0.15, 0.2) is 18.2 Å². The molecule has 2 unspecified atom stereocenters. The van der Waals surface area contributed by atoms with Crippen molar-refractivity contribution in [3.63, 3.8) is 0 Å². The summed E-state index contributed by atoms with van der Waals surface area (Å²) in [5.74, 6) is 0.991. The van der Waals surface area contributed by atoms with Gasteiger partial charge in [0.25, 0.3) is 0 Å². The fourth-order valence-corrected chi connectivity index (χ4v) is 4.56. The first kappa shape index (κ1) is 13.8. The summed E-state index contributed by atoms with van der Waals surface area (Å²) in [5.41, 5.74) is 0.882. The molecule has 4 nitrogen and oxygen atoms in total. The Morgan fingerprint density at radius 1 is 1.40 bits per heavy atom. The van der Waals surface area contributed by atoms with Crippen LogP contribution in [0, 0.1) is 5.82 Å². The minimum atomic E-state index is -2.89. The van der Waals surface area contributed by atoms with Crippen LogP contribution in [0.25, 0.3) is 0 Å². The quantitative estimate of drug-likeness (QED) is 0.914. The highest BCUT2D eigenvalue weighted by Gasteiger charge is 2.27. The molecule has 1 N–H and O–H groups in total. The van der Waals surface area contributed by atoms with Crippen molar-refractivity contribution in [1.82, 2.24) is 5.32 Å². The van der Waals surface area contributed by atoms with Crippen LogP contribution in [-0.2, 0) is 16.3 Å². The predicted molar refractivity (Wildman–Crippen MR) is 74.2 cm³/mol. The van der Waals surface area contributed by atoms with E-state index in [1.165, 1.54) is 12.1 Å². The van der Waals surface area contributed by atoms with Crippen molar-refractivity contribution in [1.29, 1.82) is 0 Å². The lowest BCUT2D eigenvalue weighted by atomic mass is 10.1. The molecule has 0 amide bonds. The highest BCUT2D eigenvalue weighted by molar-refractivity contribution is 7.91. The third-order valence-corrected chi connectivity index (χ3v) is 5.68. The molecule has 0 spiro atoms. The molecule has 0 radical (unpaired) electrons. The van der Waals surface area contributed by atoms with Crippen LogP contribution < -0.4 is 10.1 Å². The van der Waals surface area contributed by atoms with E-state index in [-0.39, 0.29) is 23.7 Å². The van der Waals surface area contributed by atoms with Gasteiger partial charge >= 0.3 is 0 Å². The van der Waals surface area contributed by atoms with Crippen LogP contribution in [-0.4, -0.2) is 38.6 Å². The van der Waals surface area contributed by atoms with Crippen molar-refractivity contribution in [3.05, 3.63) is 29.6 Å². The molecule has 1 aromatic rings. The lowest BCUT2D eigenvalue weighted by Crippen LogP contribution is -2.44. The summed E-state index contributed by atoms with van der Waals surface area (Å²) in [6.07, 6.45) is 2.22. The van der Waals surface area contributed by atoms with Crippen molar-refractivity contribution in [2.45, 2.75) is 31.4 Å². The summed E-state index contributed by atoms with van der Waals surface area (Å²) in [6, 6.07) is 4.55. The summed E-state index contributed by atoms with van der Waals surface area (Å²) >= 11 is 0. The highest BCUT2D eigenvalue weighted by atomic mass is 32.2. The summed E-state index contributed by atoms with van der Waals surface area (Å²) in [4.78, 5) is 0. The van der Waals surface area contributed by atoms with Crippen molar-refractivity contribution in [3.8, 4) is 5.75 Å². The molecule has 2 aliphatic heterocycles. The van der Waals surface area contributed by atoms with Gasteiger partial charge in [-0.05, 0) is 31.0 Å². The van der Waals surface area contributed by atoms with Gasteiger partial charge in [-0.3, -0.25) is 0 Å². The van der Waals surface area contributed by atoms with Gasteiger partial charge in [0.1, 0.15) is 17.7 Å². The van der Waals surface area contributed by atoms with E-state index in [4.69, 9.17) is 4.74 Å². The Bertz CT molecular complexity index is 602. The van der Waals surface area contributed by atoms with E-state index in [1.54, 1.807) is 6.07 Å². The lowest BCUT2D eigenvalue weighted by Gasteiger charge is -2.24. The van der Waals surface area contributed by atoms with E-state index in [1.807, 2.05) is 0 Å². The average molecular weight is 299 g/mol. The second-order valence-corrected chi connectivity index (χ2v) is 7.79. The molecule has 0 aliphatic carbocycles. The van der Waals surface area contributed by atoms with Gasteiger partial charge in [-0.2, -0.15) is 0 Å². The zero-order chi connectivity index (χ0) is 14.2. The topological polar surface area (TPSA) is 55.4 Å². The van der Waals surface area contributed by atoms with Gasteiger partial charge in [-0.25, -0.2) is 12.8 Å². The Balaban J connectivity index is 1.54. The first-order valence-corrected chi connectivity index (χ1v) is 8.73. The minimum Gasteiger partial charge on any atom is -0.488 e. The fraction of sp³-hybridized carbons (Fsp3) is 0.571. The molecule has 0 bridgehead atoms. The molecule has 1 saturated heterocycles. The minimum absolute atomic E-state index is 0.0119. The van der Waals surface area contributed by atoms with Gasteiger partial charge in [-0.1, -0.05) is 0 Å². The molecule has 3 rings (SSSR count). The molecule has 2 atom stereocenters. The van der Waals surface area contributed by atoms with Crippen LogP contribution in [0.3, 0.4) is 0 Å². The van der Waals surface area contributed by atoms with E-state index in [9.17, 15) is 12.8 Å². The maximum Gasteiger partial charge on any atom is 0.151 e. The van der Waals surface area contributed by atoms with Gasteiger partial charge in [0, 0.05) is 24.6 Å². The fourth-order valence-electron chi connectivity index (χ4n) is 2.88. The van der Waals surface area contributed by atoms with Gasteiger partial charge < -0.3 is 10.1 Å². The van der Waals surface area contributed by atoms with Gasteiger partial charge in [-0.15, -0.1) is 0 Å². The number of fused-ring (bicyclic) bond motifs is 1. The summed E-state index contributed by atoms with van der Waals surface area (Å²) in [7, 11) is -2.89. The Morgan fingerprint density at radius 2 is 2.25 bits per heavy atom. The normalized spacial score (nSPS) is 27.9. The standard InChI is InChI=1S/C14H18FNO3S/c15-11-3-4-14-10(6-11)7-13(19-14)8-16-12-2-1-5-20(17,18)9-12/h3-4,6,12-13,16H,1-2,5,7-9H2. The first-order valence-electron chi connectivity index (χ1n) is 6.91. The summed E-state index contributed by atoms with van der Waals surface area (Å²) < 4.78 is 42.0. The lowest BCUT2D eigenvalue weighted by molar-refractivity contribution is 0.221. The molecule has 1 aromatic carbocycles. The maximum atomic E-state index is 13.1. The van der Waals surface area contributed by atoms with Crippen LogP contribution in [0.1, 0.15) is 18.4 Å². The second kappa shape index (κ2) is 5.33. The molecule has 2 aliphatic rings. The van der Waals surface area contributed by atoms with Crippen molar-refractivity contribution in [2.24, 2.45) is 0 Å². The number of rotatable bonds is 3. The van der Waals surface area contributed by atoms with E-state index in [2.05, 4.69) is 5.32 Å². The molecule has 20 heavy (non-hydrogen) atoms. The van der Waals surface area contributed by atoms with Crippen molar-refractivity contribution >= 4 is 9.84 Å². The van der Waals surface area contributed by atoms with Crippen molar-refractivity contribution in [2.75, 3.05) is 18.1 Å². The number of sulfone groups is 1. The zero-order valence-electron chi connectivity index (χ0n) is 11.1. The Kier molecular flexibility index (Phi) is 3.69. The number of hydrogen-bond donors (Lipinski definition) is 1. The Hall–Kier alpha value is -1.14. The van der Waals surface area contributed by atoms with Crippen LogP contribution in [0.2, 0.25) is 0 Å². The molecular weight excluding hydrogens is 281 g/mol. The number of halogens is 1. The van der Waals surface area contributed by atoms with Gasteiger partial charge in [0.15, 0.2) is 9.84 Å².